The van der Waals surface area contributed by atoms with Crippen molar-refractivity contribution in [2.24, 2.45) is 0 Å². The largest absolute Gasteiger partial charge is 0.481 e. The van der Waals surface area contributed by atoms with E-state index in [9.17, 15) is 4.79 Å². The second kappa shape index (κ2) is 6.09. The molecule has 1 unspecified atom stereocenters. The number of rotatable bonds is 4. The number of fused-ring (bicyclic) bond motifs is 1. The SMILES string of the molecule is O=C(O)CC1CN(Cc2cc(Cl)c3c(c2)OCO3)CCO1. The number of carboxylic acids is 1. The molecule has 7 heteroatoms. The van der Waals surface area contributed by atoms with Crippen molar-refractivity contribution in [3.05, 3.63) is 22.7 Å². The van der Waals surface area contributed by atoms with Crippen LogP contribution in [0, 0.1) is 0 Å². The van der Waals surface area contributed by atoms with E-state index in [1.165, 1.54) is 0 Å². The molecule has 1 atom stereocenters. The van der Waals surface area contributed by atoms with Crippen molar-refractivity contribution in [1.29, 1.82) is 0 Å². The molecule has 0 radical (unpaired) electrons. The van der Waals surface area contributed by atoms with Crippen molar-refractivity contribution < 1.29 is 24.1 Å². The van der Waals surface area contributed by atoms with Gasteiger partial charge in [-0.3, -0.25) is 9.69 Å². The van der Waals surface area contributed by atoms with E-state index in [4.69, 9.17) is 30.9 Å². The lowest BCUT2D eigenvalue weighted by Gasteiger charge is -2.32. The summed E-state index contributed by atoms with van der Waals surface area (Å²) >= 11 is 6.16. The highest BCUT2D eigenvalue weighted by atomic mass is 35.5. The van der Waals surface area contributed by atoms with Crippen molar-refractivity contribution in [1.82, 2.24) is 4.90 Å². The van der Waals surface area contributed by atoms with Gasteiger partial charge in [-0.1, -0.05) is 11.6 Å². The molecule has 0 saturated carbocycles. The van der Waals surface area contributed by atoms with E-state index in [0.717, 1.165) is 12.1 Å². The molecule has 2 aliphatic heterocycles. The van der Waals surface area contributed by atoms with Crippen LogP contribution in [0.15, 0.2) is 12.1 Å². The molecule has 21 heavy (non-hydrogen) atoms. The fourth-order valence-corrected chi connectivity index (χ4v) is 2.90. The molecule has 0 bridgehead atoms. The normalized spacial score (nSPS) is 21.5. The van der Waals surface area contributed by atoms with Gasteiger partial charge in [0.15, 0.2) is 11.5 Å². The van der Waals surface area contributed by atoms with Gasteiger partial charge in [0.25, 0.3) is 0 Å². The number of morpholine rings is 1. The van der Waals surface area contributed by atoms with Crippen LogP contribution in [-0.2, 0) is 16.1 Å². The van der Waals surface area contributed by atoms with Gasteiger partial charge in [-0.05, 0) is 17.7 Å². The van der Waals surface area contributed by atoms with Crippen molar-refractivity contribution in [3.63, 3.8) is 0 Å². The van der Waals surface area contributed by atoms with Crippen LogP contribution in [0.25, 0.3) is 0 Å². The summed E-state index contributed by atoms with van der Waals surface area (Å²) in [5.74, 6) is 0.409. The molecular weight excluding hydrogens is 298 g/mol. The lowest BCUT2D eigenvalue weighted by molar-refractivity contribution is -0.142. The van der Waals surface area contributed by atoms with E-state index in [1.54, 1.807) is 0 Å². The molecule has 6 nitrogen and oxygen atoms in total. The summed E-state index contributed by atoms with van der Waals surface area (Å²) in [7, 11) is 0. The van der Waals surface area contributed by atoms with Gasteiger partial charge in [0.05, 0.1) is 24.2 Å². The zero-order valence-electron chi connectivity index (χ0n) is 11.4. The summed E-state index contributed by atoms with van der Waals surface area (Å²) in [6.45, 7) is 2.77. The van der Waals surface area contributed by atoms with Gasteiger partial charge in [-0.15, -0.1) is 0 Å². The zero-order chi connectivity index (χ0) is 14.8. The summed E-state index contributed by atoms with van der Waals surface area (Å²) in [4.78, 5) is 12.9. The highest BCUT2D eigenvalue weighted by Crippen LogP contribution is 2.40. The average molecular weight is 314 g/mol. The molecule has 1 N–H and O–H groups in total. The van der Waals surface area contributed by atoms with Gasteiger partial charge in [0, 0.05) is 19.6 Å². The van der Waals surface area contributed by atoms with Gasteiger partial charge in [-0.2, -0.15) is 0 Å². The molecule has 1 saturated heterocycles. The number of halogens is 1. The summed E-state index contributed by atoms with van der Waals surface area (Å²) in [5.41, 5.74) is 1.01. The summed E-state index contributed by atoms with van der Waals surface area (Å²) in [5, 5.41) is 9.37. The Kier molecular flexibility index (Phi) is 4.19. The molecule has 2 heterocycles. The number of carboxylic acid groups (broad SMARTS) is 1. The Hall–Kier alpha value is -1.50. The Balaban J connectivity index is 1.66. The van der Waals surface area contributed by atoms with Crippen LogP contribution in [0.4, 0.5) is 0 Å². The molecule has 114 valence electrons. The van der Waals surface area contributed by atoms with E-state index in [-0.39, 0.29) is 19.3 Å². The molecule has 1 aromatic rings. The lowest BCUT2D eigenvalue weighted by atomic mass is 10.1. The number of ether oxygens (including phenoxy) is 3. The summed E-state index contributed by atoms with van der Waals surface area (Å²) < 4.78 is 16.1. The quantitative estimate of drug-likeness (QED) is 0.913. The van der Waals surface area contributed by atoms with Crippen LogP contribution in [0.2, 0.25) is 5.02 Å². The summed E-state index contributed by atoms with van der Waals surface area (Å²) in [6, 6.07) is 3.77. The fourth-order valence-electron chi connectivity index (χ4n) is 2.61. The maximum atomic E-state index is 10.8. The topological polar surface area (TPSA) is 68.2 Å². The molecule has 2 aliphatic rings. The van der Waals surface area contributed by atoms with Crippen LogP contribution >= 0.6 is 11.6 Å². The third-order valence-electron chi connectivity index (χ3n) is 3.52. The van der Waals surface area contributed by atoms with E-state index in [1.807, 2.05) is 12.1 Å². The van der Waals surface area contributed by atoms with Crippen LogP contribution in [-0.4, -0.2) is 48.6 Å². The summed E-state index contributed by atoms with van der Waals surface area (Å²) in [6.07, 6.45) is -0.237. The second-order valence-corrected chi connectivity index (χ2v) is 5.54. The number of nitrogens with zero attached hydrogens (tertiary/aromatic N) is 1. The minimum absolute atomic E-state index is 0.0262. The first kappa shape index (κ1) is 14.4. The number of benzene rings is 1. The fraction of sp³-hybridized carbons (Fsp3) is 0.500. The molecule has 0 aromatic heterocycles. The van der Waals surface area contributed by atoms with Gasteiger partial charge in [-0.25, -0.2) is 0 Å². The molecule has 0 aliphatic carbocycles. The number of carbonyl (C=O) groups is 1. The van der Waals surface area contributed by atoms with Gasteiger partial charge in [0.2, 0.25) is 6.79 Å². The number of hydrogen-bond acceptors (Lipinski definition) is 5. The Bertz CT molecular complexity index is 550. The lowest BCUT2D eigenvalue weighted by Crippen LogP contribution is -2.42. The predicted molar refractivity (Wildman–Crippen MR) is 74.8 cm³/mol. The maximum Gasteiger partial charge on any atom is 0.306 e. The van der Waals surface area contributed by atoms with Gasteiger partial charge in [0.1, 0.15) is 0 Å². The molecular formula is C14H16ClNO5. The van der Waals surface area contributed by atoms with E-state index in [0.29, 0.717) is 36.2 Å². The first-order valence-electron chi connectivity index (χ1n) is 6.75. The number of hydrogen-bond donors (Lipinski definition) is 1. The van der Waals surface area contributed by atoms with E-state index < -0.39 is 5.97 Å². The van der Waals surface area contributed by atoms with Crippen LogP contribution < -0.4 is 9.47 Å². The third kappa shape index (κ3) is 3.40. The van der Waals surface area contributed by atoms with Crippen molar-refractivity contribution >= 4 is 17.6 Å². The first-order valence-corrected chi connectivity index (χ1v) is 7.13. The number of aliphatic carboxylic acids is 1. The van der Waals surface area contributed by atoms with Crippen molar-refractivity contribution in [2.45, 2.75) is 19.1 Å². The monoisotopic (exact) mass is 313 g/mol. The Morgan fingerprint density at radius 3 is 3.10 bits per heavy atom. The van der Waals surface area contributed by atoms with Crippen molar-refractivity contribution in [3.8, 4) is 11.5 Å². The van der Waals surface area contributed by atoms with E-state index in [2.05, 4.69) is 4.90 Å². The van der Waals surface area contributed by atoms with Crippen LogP contribution in [0.1, 0.15) is 12.0 Å². The maximum absolute atomic E-state index is 10.8. The van der Waals surface area contributed by atoms with Gasteiger partial charge >= 0.3 is 5.97 Å². The predicted octanol–water partition coefficient (Wildman–Crippen LogP) is 1.74. The van der Waals surface area contributed by atoms with Crippen molar-refractivity contribution in [2.75, 3.05) is 26.5 Å². The molecule has 0 spiro atoms. The Morgan fingerprint density at radius 2 is 2.29 bits per heavy atom. The van der Waals surface area contributed by atoms with Gasteiger partial charge < -0.3 is 19.3 Å². The van der Waals surface area contributed by atoms with Crippen LogP contribution in [0.5, 0.6) is 11.5 Å². The highest BCUT2D eigenvalue weighted by Gasteiger charge is 2.24. The van der Waals surface area contributed by atoms with E-state index >= 15 is 0 Å². The Labute approximate surface area is 127 Å². The molecule has 3 rings (SSSR count). The first-order chi connectivity index (χ1) is 10.1. The average Bonchev–Trinajstić information content (AvgIpc) is 2.87. The molecule has 0 amide bonds. The Morgan fingerprint density at radius 1 is 1.43 bits per heavy atom. The third-order valence-corrected chi connectivity index (χ3v) is 3.80. The second-order valence-electron chi connectivity index (χ2n) is 5.14. The molecule has 1 aromatic carbocycles. The van der Waals surface area contributed by atoms with Crippen LogP contribution in [0.3, 0.4) is 0 Å². The minimum atomic E-state index is -0.840. The smallest absolute Gasteiger partial charge is 0.306 e. The molecule has 1 fully saturated rings. The standard InChI is InChI=1S/C14H16ClNO5/c15-11-3-9(4-12-14(11)21-8-20-12)6-16-1-2-19-10(7-16)5-13(17)18/h3-4,10H,1-2,5-8H2,(H,17,18). The minimum Gasteiger partial charge on any atom is -0.481 e. The zero-order valence-corrected chi connectivity index (χ0v) is 12.1. The highest BCUT2D eigenvalue weighted by molar-refractivity contribution is 6.32.